The minimum absolute atomic E-state index is 0. The molecule has 142 valence electrons. The third-order valence-electron chi connectivity index (χ3n) is 6.52. The molecular formula is C20H27ClN2O3. The molecule has 1 unspecified atom stereocenters. The van der Waals surface area contributed by atoms with Crippen molar-refractivity contribution in [1.29, 1.82) is 0 Å². The van der Waals surface area contributed by atoms with E-state index in [0.717, 1.165) is 50.9 Å². The van der Waals surface area contributed by atoms with Gasteiger partial charge in [-0.3, -0.25) is 14.5 Å². The number of amides is 1. The van der Waals surface area contributed by atoms with E-state index in [2.05, 4.69) is 4.90 Å². The van der Waals surface area contributed by atoms with Crippen molar-refractivity contribution in [2.45, 2.75) is 45.1 Å². The molecule has 0 radical (unpaired) electrons. The van der Waals surface area contributed by atoms with Gasteiger partial charge in [0.2, 0.25) is 5.91 Å². The summed E-state index contributed by atoms with van der Waals surface area (Å²) < 4.78 is 0. The first kappa shape index (κ1) is 19.2. The van der Waals surface area contributed by atoms with Crippen LogP contribution in [0.25, 0.3) is 0 Å². The van der Waals surface area contributed by atoms with Gasteiger partial charge in [0.15, 0.2) is 0 Å². The molecule has 1 N–H and O–H groups in total. The predicted molar refractivity (Wildman–Crippen MR) is 103 cm³/mol. The second-order valence-corrected chi connectivity index (χ2v) is 7.96. The fraction of sp³-hybridized carbons (Fsp3) is 0.600. The Kier molecular flexibility index (Phi) is 5.31. The number of likely N-dealkylation sites (tertiary alicyclic amines) is 1. The molecule has 0 aromatic heterocycles. The summed E-state index contributed by atoms with van der Waals surface area (Å²) in [6.07, 6.45) is 4.53. The summed E-state index contributed by atoms with van der Waals surface area (Å²) in [5.41, 5.74) is 1.51. The summed E-state index contributed by atoms with van der Waals surface area (Å²) in [5.74, 6) is -0.334. The van der Waals surface area contributed by atoms with Gasteiger partial charge in [-0.25, -0.2) is 0 Å². The highest BCUT2D eigenvalue weighted by molar-refractivity contribution is 5.98. The number of carbonyl (C=O) groups is 2. The number of nitrogens with zero attached hydrogens (tertiary/aromatic N) is 2. The van der Waals surface area contributed by atoms with Gasteiger partial charge in [0.25, 0.3) is 0 Å². The van der Waals surface area contributed by atoms with E-state index < -0.39 is 11.4 Å². The Morgan fingerprint density at radius 2 is 1.92 bits per heavy atom. The van der Waals surface area contributed by atoms with Crippen LogP contribution < -0.4 is 4.90 Å². The standard InChI is InChI=1S/C20H26N2O3.ClH/c1-14-6-8-16(9-7-14)22-11-3-5-17(18(22)23)21-12-15-4-2-10-20(15,13-21)19(24)25;/h6-9,15,17H,2-5,10-13H2,1H3,(H,24,25);1H/t15-,17?,20+;/m0./s1. The van der Waals surface area contributed by atoms with Gasteiger partial charge in [-0.2, -0.15) is 0 Å². The maximum absolute atomic E-state index is 13.1. The fourth-order valence-corrected chi connectivity index (χ4v) is 5.09. The zero-order valence-electron chi connectivity index (χ0n) is 15.2. The minimum Gasteiger partial charge on any atom is -0.481 e. The Hall–Kier alpha value is -1.59. The van der Waals surface area contributed by atoms with E-state index in [1.54, 1.807) is 0 Å². The van der Waals surface area contributed by atoms with Crippen molar-refractivity contribution in [1.82, 2.24) is 4.90 Å². The van der Waals surface area contributed by atoms with Crippen molar-refractivity contribution >= 4 is 30.0 Å². The van der Waals surface area contributed by atoms with E-state index in [1.165, 1.54) is 5.56 Å². The largest absolute Gasteiger partial charge is 0.481 e. The number of carbonyl (C=O) groups excluding carboxylic acids is 1. The van der Waals surface area contributed by atoms with Gasteiger partial charge in [0.05, 0.1) is 11.5 Å². The third-order valence-corrected chi connectivity index (χ3v) is 6.52. The molecule has 26 heavy (non-hydrogen) atoms. The number of halogens is 1. The number of aryl methyl sites for hydroxylation is 1. The molecule has 1 aromatic rings. The number of carboxylic acids is 1. The van der Waals surface area contributed by atoms with Crippen LogP contribution in [0.1, 0.15) is 37.7 Å². The van der Waals surface area contributed by atoms with Gasteiger partial charge < -0.3 is 10.0 Å². The molecule has 1 aliphatic carbocycles. The highest BCUT2D eigenvalue weighted by atomic mass is 35.5. The van der Waals surface area contributed by atoms with Crippen molar-refractivity contribution in [3.8, 4) is 0 Å². The van der Waals surface area contributed by atoms with Gasteiger partial charge in [-0.15, -0.1) is 12.4 Å². The van der Waals surface area contributed by atoms with E-state index in [-0.39, 0.29) is 30.3 Å². The molecule has 0 bridgehead atoms. The predicted octanol–water partition coefficient (Wildman–Crippen LogP) is 3.10. The summed E-state index contributed by atoms with van der Waals surface area (Å²) >= 11 is 0. The molecule has 2 heterocycles. The smallest absolute Gasteiger partial charge is 0.311 e. The molecule has 2 saturated heterocycles. The lowest BCUT2D eigenvalue weighted by Crippen LogP contribution is -2.52. The van der Waals surface area contributed by atoms with Gasteiger partial charge in [0.1, 0.15) is 0 Å². The number of rotatable bonds is 3. The summed E-state index contributed by atoms with van der Waals surface area (Å²) in [6.45, 7) is 4.08. The Balaban J connectivity index is 0.00000196. The highest BCUT2D eigenvalue weighted by Crippen LogP contribution is 2.49. The van der Waals surface area contributed by atoms with Crippen molar-refractivity contribution in [2.75, 3.05) is 24.5 Å². The van der Waals surface area contributed by atoms with Crippen LogP contribution in [0, 0.1) is 18.3 Å². The Labute approximate surface area is 160 Å². The van der Waals surface area contributed by atoms with Crippen molar-refractivity contribution < 1.29 is 14.7 Å². The number of hydrogen-bond donors (Lipinski definition) is 1. The summed E-state index contributed by atoms with van der Waals surface area (Å²) in [5, 5.41) is 9.79. The number of benzene rings is 1. The number of anilines is 1. The molecule has 1 amide bonds. The Bertz CT molecular complexity index is 693. The average Bonchev–Trinajstić information content (AvgIpc) is 3.14. The molecule has 0 spiro atoms. The minimum atomic E-state index is -0.670. The molecule has 3 atom stereocenters. The van der Waals surface area contributed by atoms with Gasteiger partial charge in [0, 0.05) is 25.3 Å². The van der Waals surface area contributed by atoms with Crippen LogP contribution >= 0.6 is 12.4 Å². The molecule has 2 aliphatic heterocycles. The SMILES string of the molecule is Cc1ccc(N2CCCC(N3C[C@@H]4CCC[C@@]4(C(=O)O)C3)C2=O)cc1.Cl. The second-order valence-electron chi connectivity index (χ2n) is 7.96. The van der Waals surface area contributed by atoms with E-state index in [4.69, 9.17) is 0 Å². The summed E-state index contributed by atoms with van der Waals surface area (Å²) in [7, 11) is 0. The molecule has 3 fully saturated rings. The first-order valence-electron chi connectivity index (χ1n) is 9.37. The lowest BCUT2D eigenvalue weighted by Gasteiger charge is -2.37. The molecule has 1 aromatic carbocycles. The Morgan fingerprint density at radius 3 is 2.58 bits per heavy atom. The average molecular weight is 379 g/mol. The zero-order chi connectivity index (χ0) is 17.6. The first-order chi connectivity index (χ1) is 12.0. The van der Waals surface area contributed by atoms with E-state index in [9.17, 15) is 14.7 Å². The van der Waals surface area contributed by atoms with Crippen LogP contribution in [0.2, 0.25) is 0 Å². The van der Waals surface area contributed by atoms with Crippen molar-refractivity contribution in [2.24, 2.45) is 11.3 Å². The lowest BCUT2D eigenvalue weighted by molar-refractivity contribution is -0.149. The van der Waals surface area contributed by atoms with Gasteiger partial charge in [-0.1, -0.05) is 24.1 Å². The van der Waals surface area contributed by atoms with Crippen LogP contribution in [0.4, 0.5) is 5.69 Å². The monoisotopic (exact) mass is 378 g/mol. The zero-order valence-corrected chi connectivity index (χ0v) is 16.0. The summed E-state index contributed by atoms with van der Waals surface area (Å²) in [6, 6.07) is 7.91. The highest BCUT2D eigenvalue weighted by Gasteiger charge is 2.56. The first-order valence-corrected chi connectivity index (χ1v) is 9.37. The number of carboxylic acid groups (broad SMARTS) is 1. The van der Waals surface area contributed by atoms with Gasteiger partial charge >= 0.3 is 5.97 Å². The van der Waals surface area contributed by atoms with Crippen molar-refractivity contribution in [3.05, 3.63) is 29.8 Å². The number of fused-ring (bicyclic) bond motifs is 1. The van der Waals surface area contributed by atoms with Crippen molar-refractivity contribution in [3.63, 3.8) is 0 Å². The number of piperidine rings is 1. The van der Waals surface area contributed by atoms with Crippen LogP contribution in [0.5, 0.6) is 0 Å². The van der Waals surface area contributed by atoms with Crippen LogP contribution in [-0.2, 0) is 9.59 Å². The van der Waals surface area contributed by atoms with E-state index in [0.29, 0.717) is 6.54 Å². The molecule has 1 saturated carbocycles. The van der Waals surface area contributed by atoms with E-state index >= 15 is 0 Å². The normalized spacial score (nSPS) is 31.6. The maximum Gasteiger partial charge on any atom is 0.311 e. The quantitative estimate of drug-likeness (QED) is 0.877. The molecule has 5 nitrogen and oxygen atoms in total. The lowest BCUT2D eigenvalue weighted by atomic mass is 9.81. The Morgan fingerprint density at radius 1 is 1.19 bits per heavy atom. The van der Waals surface area contributed by atoms with Crippen LogP contribution in [0.15, 0.2) is 24.3 Å². The topological polar surface area (TPSA) is 60.9 Å². The number of aliphatic carboxylic acids is 1. The van der Waals surface area contributed by atoms with E-state index in [1.807, 2.05) is 36.1 Å². The fourth-order valence-electron chi connectivity index (χ4n) is 5.09. The molecule has 4 rings (SSSR count). The summed E-state index contributed by atoms with van der Waals surface area (Å²) in [4.78, 5) is 29.1. The number of hydrogen-bond acceptors (Lipinski definition) is 3. The van der Waals surface area contributed by atoms with Gasteiger partial charge in [-0.05, 0) is 50.7 Å². The third kappa shape index (κ3) is 3.01. The van der Waals surface area contributed by atoms with Crippen LogP contribution in [0.3, 0.4) is 0 Å². The molecule has 3 aliphatic rings. The molecule has 6 heteroatoms. The van der Waals surface area contributed by atoms with Crippen LogP contribution in [-0.4, -0.2) is 47.6 Å². The molecular weight excluding hydrogens is 352 g/mol. The second kappa shape index (κ2) is 7.20. The maximum atomic E-state index is 13.1.